The zero-order valence-electron chi connectivity index (χ0n) is 13.8. The molecule has 1 spiro atoms. The summed E-state index contributed by atoms with van der Waals surface area (Å²) in [5.74, 6) is -0.385. The van der Waals surface area contributed by atoms with Gasteiger partial charge >= 0.3 is 0 Å². The number of carbonyl (C=O) groups excluding carboxylic acids is 1. The Balaban J connectivity index is 1.43. The molecule has 24 heavy (non-hydrogen) atoms. The van der Waals surface area contributed by atoms with Gasteiger partial charge in [0, 0.05) is 37.7 Å². The topological polar surface area (TPSA) is 56.6 Å². The highest BCUT2D eigenvalue weighted by atomic mass is 16.7. The number of hydrogen-bond donors (Lipinski definition) is 0. The van der Waals surface area contributed by atoms with E-state index in [1.165, 1.54) is 0 Å². The van der Waals surface area contributed by atoms with E-state index in [-0.39, 0.29) is 5.91 Å². The van der Waals surface area contributed by atoms with E-state index in [2.05, 4.69) is 5.10 Å². The van der Waals surface area contributed by atoms with Crippen LogP contribution in [0.1, 0.15) is 28.8 Å². The number of aryl methyl sites for hydroxylation is 1. The van der Waals surface area contributed by atoms with Crippen LogP contribution in [0.2, 0.25) is 0 Å². The van der Waals surface area contributed by atoms with Crippen LogP contribution >= 0.6 is 0 Å². The van der Waals surface area contributed by atoms with Gasteiger partial charge in [0.2, 0.25) is 0 Å². The van der Waals surface area contributed by atoms with E-state index in [4.69, 9.17) is 9.47 Å². The van der Waals surface area contributed by atoms with E-state index < -0.39 is 5.79 Å². The van der Waals surface area contributed by atoms with Gasteiger partial charge in [-0.15, -0.1) is 0 Å². The number of benzene rings is 1. The maximum absolute atomic E-state index is 12.7. The first-order valence-electron chi connectivity index (χ1n) is 8.34. The Hall–Kier alpha value is -2.18. The van der Waals surface area contributed by atoms with Gasteiger partial charge in [0.05, 0.1) is 25.1 Å². The van der Waals surface area contributed by atoms with Crippen molar-refractivity contribution in [3.05, 3.63) is 47.8 Å². The number of carbonyl (C=O) groups is 1. The normalized spacial score (nSPS) is 19.8. The highest BCUT2D eigenvalue weighted by Crippen LogP contribution is 2.31. The molecule has 0 aliphatic carbocycles. The van der Waals surface area contributed by atoms with E-state index in [0.717, 1.165) is 24.1 Å². The first-order chi connectivity index (χ1) is 11.7. The van der Waals surface area contributed by atoms with Crippen molar-refractivity contribution in [2.24, 2.45) is 0 Å². The van der Waals surface area contributed by atoms with E-state index in [9.17, 15) is 4.79 Å². The van der Waals surface area contributed by atoms with Crippen molar-refractivity contribution in [1.29, 1.82) is 0 Å². The third-order valence-electron chi connectivity index (χ3n) is 4.72. The fraction of sp³-hybridized carbons (Fsp3) is 0.444. The molecule has 2 saturated heterocycles. The SMILES string of the molecule is Cc1cnn(-c2ccc(C(=O)N3CCC4(CC3)OCCO4)cc2)c1. The molecule has 0 N–H and O–H groups in total. The minimum Gasteiger partial charge on any atom is -0.347 e. The van der Waals surface area contributed by atoms with Crippen LogP contribution in [0.25, 0.3) is 5.69 Å². The first-order valence-corrected chi connectivity index (χ1v) is 8.34. The molecule has 2 aliphatic heterocycles. The largest absolute Gasteiger partial charge is 0.347 e. The molecule has 3 heterocycles. The summed E-state index contributed by atoms with van der Waals surface area (Å²) in [5, 5.41) is 4.28. The lowest BCUT2D eigenvalue weighted by molar-refractivity contribution is -0.181. The van der Waals surface area contributed by atoms with Gasteiger partial charge in [0.1, 0.15) is 0 Å². The smallest absolute Gasteiger partial charge is 0.253 e. The zero-order chi connectivity index (χ0) is 16.6. The highest BCUT2D eigenvalue weighted by Gasteiger charge is 2.40. The molecular weight excluding hydrogens is 306 g/mol. The van der Waals surface area contributed by atoms with Gasteiger partial charge in [-0.2, -0.15) is 5.10 Å². The molecule has 0 atom stereocenters. The number of aromatic nitrogens is 2. The minimum absolute atomic E-state index is 0.0612. The molecule has 1 aromatic carbocycles. The van der Waals surface area contributed by atoms with Crippen LogP contribution in [0.5, 0.6) is 0 Å². The minimum atomic E-state index is -0.446. The van der Waals surface area contributed by atoms with Crippen LogP contribution in [0, 0.1) is 6.92 Å². The molecule has 0 saturated carbocycles. The van der Waals surface area contributed by atoms with Crippen molar-refractivity contribution in [2.45, 2.75) is 25.6 Å². The van der Waals surface area contributed by atoms with Crippen LogP contribution < -0.4 is 0 Å². The lowest BCUT2D eigenvalue weighted by Gasteiger charge is -2.37. The summed E-state index contributed by atoms with van der Waals surface area (Å²) in [6, 6.07) is 7.58. The van der Waals surface area contributed by atoms with Crippen LogP contribution in [-0.2, 0) is 9.47 Å². The van der Waals surface area contributed by atoms with E-state index in [1.807, 2.05) is 53.2 Å². The predicted molar refractivity (Wildman–Crippen MR) is 88.1 cm³/mol. The molecule has 0 unspecified atom stereocenters. The fourth-order valence-corrected chi connectivity index (χ4v) is 3.33. The molecule has 2 aliphatic rings. The van der Waals surface area contributed by atoms with Gasteiger partial charge in [-0.05, 0) is 36.8 Å². The Kier molecular flexibility index (Phi) is 3.86. The predicted octanol–water partition coefficient (Wildman–Crippen LogP) is 2.16. The second-order valence-electron chi connectivity index (χ2n) is 6.41. The number of ether oxygens (including phenoxy) is 2. The number of likely N-dealkylation sites (tertiary alicyclic amines) is 1. The molecular formula is C18H21N3O3. The molecule has 0 bridgehead atoms. The zero-order valence-corrected chi connectivity index (χ0v) is 13.8. The van der Waals surface area contributed by atoms with E-state index in [0.29, 0.717) is 31.9 Å². The highest BCUT2D eigenvalue weighted by molar-refractivity contribution is 5.94. The molecule has 4 rings (SSSR count). The lowest BCUT2D eigenvalue weighted by atomic mass is 10.0. The number of rotatable bonds is 2. The number of hydrogen-bond acceptors (Lipinski definition) is 4. The molecule has 126 valence electrons. The maximum atomic E-state index is 12.7. The monoisotopic (exact) mass is 327 g/mol. The maximum Gasteiger partial charge on any atom is 0.253 e. The molecule has 2 fully saturated rings. The number of amides is 1. The molecule has 1 aromatic heterocycles. The Bertz CT molecular complexity index is 722. The van der Waals surface area contributed by atoms with Gasteiger partial charge in [0.15, 0.2) is 5.79 Å². The van der Waals surface area contributed by atoms with Crippen LogP contribution in [0.4, 0.5) is 0 Å². The quantitative estimate of drug-likeness (QED) is 0.848. The molecule has 2 aromatic rings. The van der Waals surface area contributed by atoms with E-state index >= 15 is 0 Å². The van der Waals surface area contributed by atoms with Crippen molar-refractivity contribution in [2.75, 3.05) is 26.3 Å². The van der Waals surface area contributed by atoms with Crippen molar-refractivity contribution in [3.8, 4) is 5.69 Å². The van der Waals surface area contributed by atoms with E-state index in [1.54, 1.807) is 0 Å². The van der Waals surface area contributed by atoms with Crippen LogP contribution in [0.3, 0.4) is 0 Å². The van der Waals surface area contributed by atoms with Crippen molar-refractivity contribution >= 4 is 5.91 Å². The third-order valence-corrected chi connectivity index (χ3v) is 4.72. The summed E-state index contributed by atoms with van der Waals surface area (Å²) < 4.78 is 13.2. The van der Waals surface area contributed by atoms with Gasteiger partial charge < -0.3 is 14.4 Å². The summed E-state index contributed by atoms with van der Waals surface area (Å²) >= 11 is 0. The van der Waals surface area contributed by atoms with Crippen molar-refractivity contribution < 1.29 is 14.3 Å². The standard InChI is InChI=1S/C18H21N3O3/c1-14-12-19-21(13-14)16-4-2-15(3-5-16)17(22)20-8-6-18(7-9-20)23-10-11-24-18/h2-5,12-13H,6-11H2,1H3. The van der Waals surface area contributed by atoms with Crippen molar-refractivity contribution in [1.82, 2.24) is 14.7 Å². The molecule has 0 radical (unpaired) electrons. The Labute approximate surface area is 141 Å². The van der Waals surface area contributed by atoms with Crippen molar-refractivity contribution in [3.63, 3.8) is 0 Å². The van der Waals surface area contributed by atoms with Gasteiger partial charge in [-0.1, -0.05) is 0 Å². The molecule has 1 amide bonds. The Morgan fingerprint density at radius 1 is 1.12 bits per heavy atom. The van der Waals surface area contributed by atoms with Crippen LogP contribution in [-0.4, -0.2) is 52.7 Å². The number of nitrogens with zero attached hydrogens (tertiary/aromatic N) is 3. The summed E-state index contributed by atoms with van der Waals surface area (Å²) in [4.78, 5) is 14.6. The Morgan fingerprint density at radius 3 is 2.38 bits per heavy atom. The first kappa shape index (κ1) is 15.4. The summed E-state index contributed by atoms with van der Waals surface area (Å²) in [7, 11) is 0. The fourth-order valence-electron chi connectivity index (χ4n) is 3.33. The molecule has 6 heteroatoms. The second kappa shape index (κ2) is 6.03. The third kappa shape index (κ3) is 2.83. The number of piperidine rings is 1. The van der Waals surface area contributed by atoms with Gasteiger partial charge in [0.25, 0.3) is 5.91 Å². The second-order valence-corrected chi connectivity index (χ2v) is 6.41. The Morgan fingerprint density at radius 2 is 1.79 bits per heavy atom. The lowest BCUT2D eigenvalue weighted by Crippen LogP contribution is -2.47. The average Bonchev–Trinajstić information content (AvgIpc) is 3.25. The summed E-state index contributed by atoms with van der Waals surface area (Å²) in [5.41, 5.74) is 2.76. The van der Waals surface area contributed by atoms with Crippen LogP contribution in [0.15, 0.2) is 36.7 Å². The van der Waals surface area contributed by atoms with Gasteiger partial charge in [-0.25, -0.2) is 4.68 Å². The van der Waals surface area contributed by atoms with Gasteiger partial charge in [-0.3, -0.25) is 4.79 Å². The summed E-state index contributed by atoms with van der Waals surface area (Å²) in [6.45, 7) is 4.64. The average molecular weight is 327 g/mol. The molecule has 6 nitrogen and oxygen atoms in total. The summed E-state index contributed by atoms with van der Waals surface area (Å²) in [6.07, 6.45) is 5.26.